The van der Waals surface area contributed by atoms with Crippen molar-refractivity contribution >= 4 is 22.0 Å². The molecule has 3 nitrogen and oxygen atoms in total. The normalized spacial score (nSPS) is 10.2. The van der Waals surface area contributed by atoms with Gasteiger partial charge in [-0.1, -0.05) is 54.9 Å². The van der Waals surface area contributed by atoms with E-state index < -0.39 is 6.09 Å². The lowest BCUT2D eigenvalue weighted by atomic mass is 9.87. The average molecular weight is 302 g/mol. The molecule has 0 fully saturated rings. The summed E-state index contributed by atoms with van der Waals surface area (Å²) in [7, 11) is 0. The topological polar surface area (TPSA) is 49.3 Å². The predicted molar refractivity (Wildman–Crippen MR) is 74.5 cm³/mol. The first-order chi connectivity index (χ1) is 7.79. The van der Waals surface area contributed by atoms with Crippen molar-refractivity contribution in [2.75, 3.05) is 6.54 Å². The Morgan fingerprint density at radius 2 is 1.88 bits per heavy atom. The molecule has 0 aliphatic carbocycles. The van der Waals surface area contributed by atoms with E-state index in [4.69, 9.17) is 5.11 Å². The molecule has 0 unspecified atom stereocenters. The number of rotatable bonds is 1. The lowest BCUT2D eigenvalue weighted by Gasteiger charge is -2.20. The Bertz CT molecular complexity index is 359. The summed E-state index contributed by atoms with van der Waals surface area (Å²) in [6, 6.07) is 8.36. The Morgan fingerprint density at radius 1 is 1.35 bits per heavy atom. The number of nitrogens with one attached hydrogen (secondary N) is 1. The summed E-state index contributed by atoms with van der Waals surface area (Å²) in [6.45, 7) is 8.86. The largest absolute Gasteiger partial charge is 0.465 e. The highest BCUT2D eigenvalue weighted by molar-refractivity contribution is 9.10. The second-order valence-electron chi connectivity index (χ2n) is 4.57. The quantitative estimate of drug-likeness (QED) is 0.823. The van der Waals surface area contributed by atoms with Crippen molar-refractivity contribution in [1.82, 2.24) is 5.32 Å². The highest BCUT2D eigenvalue weighted by atomic mass is 79.9. The molecule has 0 saturated heterocycles. The second kappa shape index (κ2) is 7.33. The van der Waals surface area contributed by atoms with Crippen molar-refractivity contribution in [3.8, 4) is 0 Å². The van der Waals surface area contributed by atoms with Crippen LogP contribution in [0.2, 0.25) is 0 Å². The van der Waals surface area contributed by atoms with Crippen LogP contribution in [0, 0.1) is 0 Å². The number of hydrogen-bond acceptors (Lipinski definition) is 1. The number of amides is 1. The van der Waals surface area contributed by atoms with Crippen LogP contribution < -0.4 is 5.32 Å². The van der Waals surface area contributed by atoms with Crippen LogP contribution in [0.15, 0.2) is 28.7 Å². The Labute approximate surface area is 111 Å². The number of benzene rings is 1. The summed E-state index contributed by atoms with van der Waals surface area (Å²) >= 11 is 3.53. The van der Waals surface area contributed by atoms with Gasteiger partial charge in [-0.05, 0) is 24.0 Å². The summed E-state index contributed by atoms with van der Waals surface area (Å²) in [5, 5.41) is 9.93. The smallest absolute Gasteiger partial charge is 0.404 e. The van der Waals surface area contributed by atoms with Crippen LogP contribution in [-0.4, -0.2) is 17.7 Å². The van der Waals surface area contributed by atoms with Gasteiger partial charge in [-0.3, -0.25) is 0 Å². The summed E-state index contributed by atoms with van der Waals surface area (Å²) in [6.07, 6.45) is -0.961. The molecule has 0 aliphatic heterocycles. The van der Waals surface area contributed by atoms with Crippen LogP contribution in [0.5, 0.6) is 0 Å². The third-order valence-electron chi connectivity index (χ3n) is 2.01. The van der Waals surface area contributed by atoms with E-state index in [1.807, 2.05) is 6.07 Å². The Morgan fingerprint density at radius 3 is 2.12 bits per heavy atom. The fourth-order valence-electron chi connectivity index (χ4n) is 1.22. The minimum absolute atomic E-state index is 0.236. The minimum atomic E-state index is -0.961. The molecule has 0 spiro atoms. The summed E-state index contributed by atoms with van der Waals surface area (Å²) in [5.41, 5.74) is 1.60. The van der Waals surface area contributed by atoms with Gasteiger partial charge in [0.05, 0.1) is 0 Å². The first-order valence-corrected chi connectivity index (χ1v) is 6.30. The molecule has 0 radical (unpaired) electrons. The maximum Gasteiger partial charge on any atom is 0.404 e. The molecule has 2 N–H and O–H groups in total. The molecule has 1 aromatic carbocycles. The van der Waals surface area contributed by atoms with Gasteiger partial charge >= 0.3 is 6.09 Å². The van der Waals surface area contributed by atoms with Crippen LogP contribution in [0.3, 0.4) is 0 Å². The van der Waals surface area contributed by atoms with Crippen LogP contribution in [0.4, 0.5) is 4.79 Å². The van der Waals surface area contributed by atoms with Crippen LogP contribution in [-0.2, 0) is 5.41 Å². The fourth-order valence-corrected chi connectivity index (χ4v) is 2.10. The third kappa shape index (κ3) is 7.00. The third-order valence-corrected chi connectivity index (χ3v) is 2.70. The van der Waals surface area contributed by atoms with E-state index in [1.165, 1.54) is 10.0 Å². The van der Waals surface area contributed by atoms with E-state index in [1.54, 1.807) is 6.92 Å². The van der Waals surface area contributed by atoms with Gasteiger partial charge < -0.3 is 10.4 Å². The molecule has 1 rings (SSSR count). The van der Waals surface area contributed by atoms with Crippen LogP contribution in [0.1, 0.15) is 33.3 Å². The van der Waals surface area contributed by atoms with Crippen molar-refractivity contribution in [3.63, 3.8) is 0 Å². The molecule has 0 aromatic heterocycles. The Balaban J connectivity index is 0.000000366. The van der Waals surface area contributed by atoms with Crippen molar-refractivity contribution in [3.05, 3.63) is 34.3 Å². The number of hydrogen-bond donors (Lipinski definition) is 2. The van der Waals surface area contributed by atoms with Crippen molar-refractivity contribution in [1.29, 1.82) is 0 Å². The van der Waals surface area contributed by atoms with Gasteiger partial charge in [-0.15, -0.1) is 0 Å². The van der Waals surface area contributed by atoms with E-state index >= 15 is 0 Å². The van der Waals surface area contributed by atoms with E-state index in [-0.39, 0.29) is 5.41 Å². The van der Waals surface area contributed by atoms with Gasteiger partial charge in [0.25, 0.3) is 0 Å². The standard InChI is InChI=1S/C10H13Br.C3H7NO2/c1-10(2,3)8-6-4-5-7-9(8)11;1-2-4-3(5)6/h4-7H,1-3H3;4H,2H2,1H3,(H,5,6). The van der Waals surface area contributed by atoms with E-state index in [9.17, 15) is 4.79 Å². The van der Waals surface area contributed by atoms with Crippen LogP contribution in [0.25, 0.3) is 0 Å². The lowest BCUT2D eigenvalue weighted by molar-refractivity contribution is 0.195. The average Bonchev–Trinajstić information content (AvgIpc) is 2.17. The molecule has 0 aliphatic rings. The SMILES string of the molecule is CC(C)(C)c1ccccc1Br.CCNC(=O)O. The van der Waals surface area contributed by atoms with Gasteiger partial charge in [-0.25, -0.2) is 4.79 Å². The summed E-state index contributed by atoms with van der Waals surface area (Å²) in [5.74, 6) is 0. The summed E-state index contributed by atoms with van der Waals surface area (Å²) in [4.78, 5) is 9.49. The molecule has 1 amide bonds. The molecule has 0 saturated carbocycles. The van der Waals surface area contributed by atoms with Crippen molar-refractivity contribution in [2.24, 2.45) is 0 Å². The number of carboxylic acid groups (broad SMARTS) is 1. The molecule has 0 bridgehead atoms. The molecule has 0 atom stereocenters. The zero-order chi connectivity index (χ0) is 13.5. The highest BCUT2D eigenvalue weighted by Gasteiger charge is 2.15. The van der Waals surface area contributed by atoms with E-state index in [0.29, 0.717) is 6.54 Å². The first kappa shape index (κ1) is 16.0. The fraction of sp³-hybridized carbons (Fsp3) is 0.462. The maximum absolute atomic E-state index is 9.49. The number of carbonyl (C=O) groups is 1. The van der Waals surface area contributed by atoms with Gasteiger partial charge in [-0.2, -0.15) is 0 Å². The summed E-state index contributed by atoms with van der Waals surface area (Å²) < 4.78 is 1.20. The van der Waals surface area contributed by atoms with E-state index in [2.05, 4.69) is 60.2 Å². The first-order valence-electron chi connectivity index (χ1n) is 5.50. The zero-order valence-electron chi connectivity index (χ0n) is 10.7. The molecule has 1 aromatic rings. The highest BCUT2D eigenvalue weighted by Crippen LogP contribution is 2.28. The molecule has 0 heterocycles. The minimum Gasteiger partial charge on any atom is -0.465 e. The van der Waals surface area contributed by atoms with Gasteiger partial charge in [0.2, 0.25) is 0 Å². The monoisotopic (exact) mass is 301 g/mol. The zero-order valence-corrected chi connectivity index (χ0v) is 12.3. The molecule has 4 heteroatoms. The second-order valence-corrected chi connectivity index (χ2v) is 5.42. The van der Waals surface area contributed by atoms with Crippen molar-refractivity contribution in [2.45, 2.75) is 33.1 Å². The maximum atomic E-state index is 9.49. The lowest BCUT2D eigenvalue weighted by Crippen LogP contribution is -2.19. The van der Waals surface area contributed by atoms with E-state index in [0.717, 1.165) is 0 Å². The molecule has 96 valence electrons. The van der Waals surface area contributed by atoms with Crippen molar-refractivity contribution < 1.29 is 9.90 Å². The van der Waals surface area contributed by atoms with Gasteiger partial charge in [0.1, 0.15) is 0 Å². The predicted octanol–water partition coefficient (Wildman–Crippen LogP) is 4.02. The van der Waals surface area contributed by atoms with Gasteiger partial charge in [0.15, 0.2) is 0 Å². The Kier molecular flexibility index (Phi) is 6.88. The van der Waals surface area contributed by atoms with Gasteiger partial charge in [0, 0.05) is 11.0 Å². The molecular weight excluding hydrogens is 282 g/mol. The molecule has 17 heavy (non-hydrogen) atoms. The molecular formula is C13H20BrNO2. The Hall–Kier alpha value is -1.03. The van der Waals surface area contributed by atoms with Crippen LogP contribution >= 0.6 is 15.9 Å². The number of halogens is 1.